The largest absolute Gasteiger partial charge is 0.489 e. The Morgan fingerprint density at radius 3 is 2.46 bits per heavy atom. The minimum absolute atomic E-state index is 0.0700. The van der Waals surface area contributed by atoms with E-state index in [9.17, 15) is 40.7 Å². The molecule has 46 heavy (non-hydrogen) atoms. The highest BCUT2D eigenvalue weighted by molar-refractivity contribution is 7.92. The topological polar surface area (TPSA) is 162 Å². The van der Waals surface area contributed by atoms with Crippen LogP contribution >= 0.6 is 0 Å². The summed E-state index contributed by atoms with van der Waals surface area (Å²) in [7, 11) is -3.87. The Bertz CT molecular complexity index is 2020. The van der Waals surface area contributed by atoms with Gasteiger partial charge >= 0.3 is 6.18 Å². The summed E-state index contributed by atoms with van der Waals surface area (Å²) in [6.45, 7) is -0.426. The Morgan fingerprint density at radius 2 is 1.83 bits per heavy atom. The van der Waals surface area contributed by atoms with E-state index in [2.05, 4.69) is 15.3 Å². The molecule has 0 radical (unpaired) electrons. The highest BCUT2D eigenvalue weighted by Crippen LogP contribution is 2.48. The molecule has 6 rings (SSSR count). The van der Waals surface area contributed by atoms with Crippen LogP contribution in [0, 0.1) is 5.82 Å². The van der Waals surface area contributed by atoms with Crippen molar-refractivity contribution in [2.75, 3.05) is 13.2 Å². The minimum atomic E-state index is -5.43. The highest BCUT2D eigenvalue weighted by Gasteiger charge is 2.57. The van der Waals surface area contributed by atoms with Crippen molar-refractivity contribution in [3.63, 3.8) is 0 Å². The Morgan fingerprint density at radius 1 is 1.13 bits per heavy atom. The number of nitrogens with zero attached hydrogens (tertiary/aromatic N) is 2. The maximum Gasteiger partial charge on any atom is 0.424 e. The number of carbonyl (C=O) groups is 2. The van der Waals surface area contributed by atoms with E-state index in [1.165, 1.54) is 43.5 Å². The number of hydrogen-bond donors (Lipinski definition) is 3. The molecule has 2 aromatic carbocycles. The van der Waals surface area contributed by atoms with E-state index in [4.69, 9.17) is 10.5 Å². The zero-order valence-corrected chi connectivity index (χ0v) is 24.9. The summed E-state index contributed by atoms with van der Waals surface area (Å²) in [5.74, 6) is -2.73. The number of fused-ring (bicyclic) bond motifs is 2. The number of nitrogens with two attached hydrogens (primary N) is 1. The van der Waals surface area contributed by atoms with Gasteiger partial charge in [-0.2, -0.15) is 13.2 Å². The van der Waals surface area contributed by atoms with Gasteiger partial charge in [0.2, 0.25) is 11.5 Å². The van der Waals surface area contributed by atoms with Crippen molar-refractivity contribution in [1.29, 1.82) is 0 Å². The molecular formula is C31H26F4N4O6S. The molecule has 2 aliphatic rings. The number of aromatic nitrogens is 2. The first-order valence-electron chi connectivity index (χ1n) is 14.0. The summed E-state index contributed by atoms with van der Waals surface area (Å²) >= 11 is 0. The van der Waals surface area contributed by atoms with Crippen LogP contribution in [-0.4, -0.2) is 59.9 Å². The highest BCUT2D eigenvalue weighted by atomic mass is 32.2. The second kappa shape index (κ2) is 10.7. The zero-order valence-electron chi connectivity index (χ0n) is 24.1. The van der Waals surface area contributed by atoms with Gasteiger partial charge in [0, 0.05) is 28.3 Å². The van der Waals surface area contributed by atoms with Crippen molar-refractivity contribution in [3.8, 4) is 17.0 Å². The lowest BCUT2D eigenvalue weighted by Gasteiger charge is -2.31. The lowest BCUT2D eigenvalue weighted by atomic mass is 9.81. The Balaban J connectivity index is 1.42. The fraction of sp³-hybridized carbons (Fsp3) is 0.290. The van der Waals surface area contributed by atoms with Crippen molar-refractivity contribution < 1.29 is 45.4 Å². The van der Waals surface area contributed by atoms with E-state index in [-0.39, 0.29) is 50.5 Å². The van der Waals surface area contributed by atoms with Crippen molar-refractivity contribution in [2.24, 2.45) is 5.73 Å². The Labute approximate surface area is 259 Å². The molecule has 15 heteroatoms. The van der Waals surface area contributed by atoms with E-state index in [0.29, 0.717) is 12.8 Å². The molecule has 2 atom stereocenters. The number of benzene rings is 2. The smallest absolute Gasteiger partial charge is 0.424 e. The number of pyridine rings is 2. The van der Waals surface area contributed by atoms with Crippen LogP contribution in [0.2, 0.25) is 0 Å². The van der Waals surface area contributed by atoms with Gasteiger partial charge in [-0.1, -0.05) is 6.07 Å². The Hall–Kier alpha value is -4.63. The van der Waals surface area contributed by atoms with Crippen LogP contribution in [0.1, 0.15) is 41.4 Å². The predicted octanol–water partition coefficient (Wildman–Crippen LogP) is 3.69. The number of hydrogen-bond acceptors (Lipinski definition) is 8. The van der Waals surface area contributed by atoms with Gasteiger partial charge in [-0.15, -0.1) is 0 Å². The molecule has 2 aromatic heterocycles. The van der Waals surface area contributed by atoms with Crippen LogP contribution in [0.5, 0.6) is 5.75 Å². The van der Waals surface area contributed by atoms with Gasteiger partial charge in [0.15, 0.2) is 9.84 Å². The molecule has 1 aliphatic carbocycles. The van der Waals surface area contributed by atoms with Crippen LogP contribution in [0.15, 0.2) is 65.7 Å². The molecule has 1 unspecified atom stereocenters. The summed E-state index contributed by atoms with van der Waals surface area (Å²) in [5, 5.41) is 13.0. The van der Waals surface area contributed by atoms with Crippen LogP contribution in [0.4, 0.5) is 17.6 Å². The number of aliphatic hydroxyl groups is 1. The number of carbonyl (C=O) groups excluding carboxylic acids is 2. The standard InChI is InChI=1S/C31H26F4N4O6S/c1-29(28(36)41)15-45-26-21(29)13-23(39-25(26)16-4-6-19(32)7-5-16)30(42,31(33,34)35)14-38-27(40)18-11-17-3-2-10-37-24(17)22(12-18)46(43,44)20-8-9-20/h2-7,10-13,20,42H,8-9,14-15H2,1H3,(H2,36,41)(H,38,40)/t29-,30?/m0/s1. The normalized spacial score (nSPS) is 19.3. The number of alkyl halides is 3. The summed E-state index contributed by atoms with van der Waals surface area (Å²) in [4.78, 5) is 33.7. The van der Waals surface area contributed by atoms with Gasteiger partial charge < -0.3 is 20.9 Å². The van der Waals surface area contributed by atoms with E-state index in [1.807, 2.05) is 0 Å². The molecule has 0 bridgehead atoms. The number of amides is 2. The van der Waals surface area contributed by atoms with Gasteiger partial charge in [0.1, 0.15) is 29.3 Å². The van der Waals surface area contributed by atoms with Crippen LogP contribution in [0.25, 0.3) is 22.2 Å². The van der Waals surface area contributed by atoms with Gasteiger partial charge in [-0.3, -0.25) is 14.6 Å². The van der Waals surface area contributed by atoms with Crippen molar-refractivity contribution in [2.45, 2.75) is 47.1 Å². The summed E-state index contributed by atoms with van der Waals surface area (Å²) in [5.41, 5.74) is -1.17. The molecule has 1 saturated carbocycles. The van der Waals surface area contributed by atoms with E-state index in [1.54, 1.807) is 0 Å². The van der Waals surface area contributed by atoms with Crippen LogP contribution < -0.4 is 15.8 Å². The molecule has 10 nitrogen and oxygen atoms in total. The van der Waals surface area contributed by atoms with Crippen molar-refractivity contribution in [3.05, 3.63) is 83.4 Å². The zero-order chi connectivity index (χ0) is 33.2. The third-order valence-corrected chi connectivity index (χ3v) is 10.6. The third-order valence-electron chi connectivity index (χ3n) is 8.33. The predicted molar refractivity (Wildman–Crippen MR) is 156 cm³/mol. The second-order valence-corrected chi connectivity index (χ2v) is 13.8. The quantitative estimate of drug-likeness (QED) is 0.242. The molecular weight excluding hydrogens is 632 g/mol. The average molecular weight is 659 g/mol. The number of halogens is 4. The van der Waals surface area contributed by atoms with Gasteiger partial charge in [0.25, 0.3) is 5.91 Å². The van der Waals surface area contributed by atoms with Gasteiger partial charge in [-0.25, -0.2) is 17.8 Å². The molecule has 0 saturated heterocycles. The van der Waals surface area contributed by atoms with Crippen molar-refractivity contribution >= 4 is 32.6 Å². The van der Waals surface area contributed by atoms with E-state index < -0.39 is 62.1 Å². The van der Waals surface area contributed by atoms with Crippen LogP contribution in [-0.2, 0) is 25.6 Å². The fourth-order valence-electron chi connectivity index (χ4n) is 5.31. The molecule has 4 N–H and O–H groups in total. The van der Waals surface area contributed by atoms with E-state index in [0.717, 1.165) is 24.3 Å². The molecule has 1 aliphatic heterocycles. The number of sulfone groups is 1. The lowest BCUT2D eigenvalue weighted by molar-refractivity contribution is -0.265. The maximum atomic E-state index is 14.8. The number of ether oxygens (including phenoxy) is 1. The summed E-state index contributed by atoms with van der Waals surface area (Å²) < 4.78 is 89.9. The molecule has 240 valence electrons. The maximum absolute atomic E-state index is 14.8. The lowest BCUT2D eigenvalue weighted by Crippen LogP contribution is -2.51. The molecule has 0 spiro atoms. The number of rotatable bonds is 8. The first-order chi connectivity index (χ1) is 21.6. The second-order valence-electron chi connectivity index (χ2n) is 11.6. The molecule has 4 aromatic rings. The molecule has 3 heterocycles. The van der Waals surface area contributed by atoms with Gasteiger partial charge in [0.05, 0.1) is 27.9 Å². The van der Waals surface area contributed by atoms with E-state index >= 15 is 0 Å². The first kappa shape index (κ1) is 31.4. The van der Waals surface area contributed by atoms with Crippen molar-refractivity contribution in [1.82, 2.24) is 15.3 Å². The SMILES string of the molecule is C[C@]1(C(N)=O)COc2c1cc(C(O)(CNC(=O)c1cc(S(=O)(=O)C3CC3)c3ncccc3c1)C(F)(F)F)nc2-c1ccc(F)cc1. The van der Waals surface area contributed by atoms with Crippen LogP contribution in [0.3, 0.4) is 0 Å². The first-order valence-corrected chi connectivity index (χ1v) is 15.6. The fourth-order valence-corrected chi connectivity index (χ4v) is 7.16. The third kappa shape index (κ3) is 5.12. The minimum Gasteiger partial charge on any atom is -0.489 e. The summed E-state index contributed by atoms with van der Waals surface area (Å²) in [6, 6.07) is 10.8. The van der Waals surface area contributed by atoms with Gasteiger partial charge in [-0.05, 0) is 68.3 Å². The average Bonchev–Trinajstić information content (AvgIpc) is 3.82. The molecule has 2 amide bonds. The molecule has 1 fully saturated rings. The monoisotopic (exact) mass is 658 g/mol. The summed E-state index contributed by atoms with van der Waals surface area (Å²) in [6.07, 6.45) is -3.19. The number of nitrogens with one attached hydrogen (secondary N) is 1. The number of primary amides is 1. The Kier molecular flexibility index (Phi) is 7.31.